The van der Waals surface area contributed by atoms with E-state index in [1.807, 2.05) is 0 Å². The second-order valence-corrected chi connectivity index (χ2v) is 4.92. The summed E-state index contributed by atoms with van der Waals surface area (Å²) in [5.41, 5.74) is 2.73. The third-order valence-electron chi connectivity index (χ3n) is 2.67. The van der Waals surface area contributed by atoms with Crippen LogP contribution in [0.15, 0.2) is 29.4 Å². The van der Waals surface area contributed by atoms with Crippen molar-refractivity contribution in [2.45, 2.75) is 38.7 Å². The summed E-state index contributed by atoms with van der Waals surface area (Å²) in [6.07, 6.45) is 3.65. The molecule has 15 heavy (non-hydrogen) atoms. The van der Waals surface area contributed by atoms with Crippen LogP contribution in [0.5, 0.6) is 0 Å². The highest BCUT2D eigenvalue weighted by Gasteiger charge is 2.18. The Balaban J connectivity index is 2.17. The van der Waals surface area contributed by atoms with Crippen molar-refractivity contribution in [2.24, 2.45) is 5.16 Å². The molecule has 2 rings (SSSR count). The first-order valence-corrected chi connectivity index (χ1v) is 5.26. The van der Waals surface area contributed by atoms with E-state index in [0.717, 1.165) is 6.42 Å². The van der Waals surface area contributed by atoms with Gasteiger partial charge in [-0.15, -0.1) is 0 Å². The van der Waals surface area contributed by atoms with Crippen LogP contribution in [-0.2, 0) is 10.3 Å². The maximum Gasteiger partial charge on any atom is 0.158 e. The zero-order chi connectivity index (χ0) is 10.9. The number of nitrogens with zero attached hydrogens (tertiary/aromatic N) is 1. The van der Waals surface area contributed by atoms with E-state index in [2.05, 4.69) is 56.4 Å². The molecule has 0 aliphatic carbocycles. The minimum atomic E-state index is 0.0685. The van der Waals surface area contributed by atoms with Crippen LogP contribution in [0.1, 0.15) is 44.4 Å². The Morgan fingerprint density at radius 3 is 2.40 bits per heavy atom. The van der Waals surface area contributed by atoms with Gasteiger partial charge in [0.1, 0.15) is 6.21 Å². The fourth-order valence-corrected chi connectivity index (χ4v) is 1.63. The molecule has 1 aliphatic heterocycles. The van der Waals surface area contributed by atoms with Gasteiger partial charge in [0.05, 0.1) is 0 Å². The summed E-state index contributed by atoms with van der Waals surface area (Å²) >= 11 is 0. The molecule has 0 N–H and O–H groups in total. The van der Waals surface area contributed by atoms with Crippen LogP contribution in [0.4, 0.5) is 0 Å². The van der Waals surface area contributed by atoms with Gasteiger partial charge in [-0.25, -0.2) is 0 Å². The molecule has 1 aliphatic rings. The van der Waals surface area contributed by atoms with Crippen molar-refractivity contribution in [3.8, 4) is 0 Å². The predicted octanol–water partition coefficient (Wildman–Crippen LogP) is 3.31. The van der Waals surface area contributed by atoms with E-state index >= 15 is 0 Å². The predicted molar refractivity (Wildman–Crippen MR) is 61.0 cm³/mol. The summed E-state index contributed by atoms with van der Waals surface area (Å²) in [5, 5.41) is 3.66. The number of hydrogen-bond acceptors (Lipinski definition) is 2. The van der Waals surface area contributed by atoms with Gasteiger partial charge >= 0.3 is 0 Å². The summed E-state index contributed by atoms with van der Waals surface area (Å²) in [6, 6.07) is 8.57. The maximum absolute atomic E-state index is 5.18. The normalized spacial score (nSPS) is 20.3. The highest BCUT2D eigenvalue weighted by molar-refractivity contribution is 5.59. The van der Waals surface area contributed by atoms with E-state index in [1.54, 1.807) is 0 Å². The second kappa shape index (κ2) is 3.69. The zero-order valence-electron chi connectivity index (χ0n) is 9.45. The smallest absolute Gasteiger partial charge is 0.158 e. The van der Waals surface area contributed by atoms with Gasteiger partial charge in [-0.1, -0.05) is 50.2 Å². The number of rotatable bonds is 1. The molecule has 0 saturated heterocycles. The van der Waals surface area contributed by atoms with Crippen molar-refractivity contribution >= 4 is 6.21 Å². The summed E-state index contributed by atoms with van der Waals surface area (Å²) in [5.74, 6) is 0. The third-order valence-corrected chi connectivity index (χ3v) is 2.67. The van der Waals surface area contributed by atoms with E-state index in [0.29, 0.717) is 0 Å². The maximum atomic E-state index is 5.18. The first-order valence-electron chi connectivity index (χ1n) is 5.26. The van der Waals surface area contributed by atoms with Crippen molar-refractivity contribution in [3.63, 3.8) is 0 Å². The summed E-state index contributed by atoms with van der Waals surface area (Å²) in [7, 11) is 0. The van der Waals surface area contributed by atoms with Crippen molar-refractivity contribution in [1.82, 2.24) is 0 Å². The van der Waals surface area contributed by atoms with Crippen LogP contribution in [0.25, 0.3) is 0 Å². The fourth-order valence-electron chi connectivity index (χ4n) is 1.63. The van der Waals surface area contributed by atoms with Crippen molar-refractivity contribution in [2.75, 3.05) is 0 Å². The summed E-state index contributed by atoms with van der Waals surface area (Å²) in [4.78, 5) is 5.18. The highest BCUT2D eigenvalue weighted by Crippen LogP contribution is 2.27. The Bertz CT molecular complexity index is 351. The van der Waals surface area contributed by atoms with Crippen LogP contribution >= 0.6 is 0 Å². The van der Waals surface area contributed by atoms with E-state index in [-0.39, 0.29) is 11.5 Å². The van der Waals surface area contributed by atoms with Gasteiger partial charge in [0.2, 0.25) is 0 Å². The van der Waals surface area contributed by atoms with Gasteiger partial charge in [-0.2, -0.15) is 0 Å². The average molecular weight is 202 g/mol. The molecule has 1 aromatic carbocycles. The lowest BCUT2D eigenvalue weighted by atomic mass is 9.86. The Hall–Kier alpha value is -1.31. The molecular formula is C13H16NO. The van der Waals surface area contributed by atoms with Gasteiger partial charge in [-0.05, 0) is 16.5 Å². The second-order valence-electron chi connectivity index (χ2n) is 4.92. The van der Waals surface area contributed by atoms with Crippen LogP contribution in [-0.4, -0.2) is 6.21 Å². The van der Waals surface area contributed by atoms with Crippen LogP contribution in [0.3, 0.4) is 0 Å². The van der Waals surface area contributed by atoms with Gasteiger partial charge in [-0.3, -0.25) is 0 Å². The van der Waals surface area contributed by atoms with Gasteiger partial charge in [0, 0.05) is 6.42 Å². The number of hydrogen-bond donors (Lipinski definition) is 0. The van der Waals surface area contributed by atoms with Crippen molar-refractivity contribution < 1.29 is 4.84 Å². The van der Waals surface area contributed by atoms with E-state index in [9.17, 15) is 0 Å². The van der Waals surface area contributed by atoms with Gasteiger partial charge in [0.15, 0.2) is 6.10 Å². The third kappa shape index (κ3) is 2.20. The van der Waals surface area contributed by atoms with Gasteiger partial charge < -0.3 is 4.84 Å². The summed E-state index contributed by atoms with van der Waals surface area (Å²) < 4.78 is 0. The highest BCUT2D eigenvalue weighted by atomic mass is 16.6. The Morgan fingerprint density at radius 1 is 1.27 bits per heavy atom. The molecule has 0 saturated carbocycles. The minimum absolute atomic E-state index is 0.0685. The van der Waals surface area contributed by atoms with Crippen LogP contribution in [0, 0.1) is 0 Å². The first kappa shape index (κ1) is 10.2. The zero-order valence-corrected chi connectivity index (χ0v) is 9.45. The molecule has 1 radical (unpaired) electrons. The molecule has 2 heteroatoms. The topological polar surface area (TPSA) is 21.6 Å². The minimum Gasteiger partial charge on any atom is -0.387 e. The first-order chi connectivity index (χ1) is 7.07. The van der Waals surface area contributed by atoms with Crippen LogP contribution in [0.2, 0.25) is 0 Å². The Kier molecular flexibility index (Phi) is 2.51. The lowest BCUT2D eigenvalue weighted by molar-refractivity contribution is 0.0858. The summed E-state index contributed by atoms with van der Waals surface area (Å²) in [6.45, 7) is 6.64. The molecule has 1 unspecified atom stereocenters. The Morgan fingerprint density at radius 2 is 1.93 bits per heavy atom. The van der Waals surface area contributed by atoms with Crippen LogP contribution < -0.4 is 0 Å². The molecule has 2 nitrogen and oxygen atoms in total. The number of benzene rings is 1. The molecule has 0 aromatic heterocycles. The lowest BCUT2D eigenvalue weighted by Crippen LogP contribution is -2.11. The SMILES string of the molecule is CC(C)(C)c1ccc(C2C[C]=NO2)cc1. The molecular weight excluding hydrogens is 186 g/mol. The van der Waals surface area contributed by atoms with E-state index < -0.39 is 0 Å². The lowest BCUT2D eigenvalue weighted by Gasteiger charge is -2.19. The van der Waals surface area contributed by atoms with E-state index in [1.165, 1.54) is 11.1 Å². The molecule has 1 aromatic rings. The Labute approximate surface area is 90.9 Å². The van der Waals surface area contributed by atoms with Crippen molar-refractivity contribution in [1.29, 1.82) is 0 Å². The fraction of sp³-hybridized carbons (Fsp3) is 0.462. The van der Waals surface area contributed by atoms with E-state index in [4.69, 9.17) is 4.84 Å². The molecule has 0 spiro atoms. The quantitative estimate of drug-likeness (QED) is 0.684. The standard InChI is InChI=1S/C13H16NO/c1-13(2,3)11-6-4-10(5-7-11)12-8-9-14-15-12/h4-7,12H,8H2,1-3H3. The molecule has 1 heterocycles. The molecule has 0 bridgehead atoms. The molecule has 79 valence electrons. The molecule has 0 fully saturated rings. The largest absolute Gasteiger partial charge is 0.387 e. The van der Waals surface area contributed by atoms with Gasteiger partial charge in [0.25, 0.3) is 0 Å². The monoisotopic (exact) mass is 202 g/mol. The molecule has 1 atom stereocenters. The molecule has 0 amide bonds. The average Bonchev–Trinajstić information content (AvgIpc) is 2.69. The van der Waals surface area contributed by atoms with Crippen molar-refractivity contribution in [3.05, 3.63) is 35.4 Å².